The molecule has 0 spiro atoms. The smallest absolute Gasteiger partial charge is 0.408 e. The SMILES string of the molecule is CCOC(=O)c1csc(-c2ccc(C(N)=O)nc2-c2csc([C@@H](NC(=O)c3csc([C@H](NC(=O)OC(C)(C)C)C(C)(C)O)n3)[C@@H](C)O[Si](c3ccccc3)(c3ccccc3)C(C)(C)C)n2)n1. The number of nitrogens with one attached hydrogen (secondary N) is 2. The van der Waals surface area contributed by atoms with Crippen molar-refractivity contribution in [2.45, 2.75) is 104 Å². The summed E-state index contributed by atoms with van der Waals surface area (Å²) in [4.78, 5) is 71.3. The van der Waals surface area contributed by atoms with E-state index in [9.17, 15) is 24.3 Å². The van der Waals surface area contributed by atoms with E-state index in [1.54, 1.807) is 49.9 Å². The molecule has 19 heteroatoms. The number of nitrogens with two attached hydrogens (primary N) is 1. The molecule has 2 aromatic carbocycles. The molecule has 348 valence electrons. The second-order valence-electron chi connectivity index (χ2n) is 18.0. The highest BCUT2D eigenvalue weighted by atomic mass is 32.1. The van der Waals surface area contributed by atoms with Gasteiger partial charge in [-0.15, -0.1) is 34.0 Å². The quantitative estimate of drug-likeness (QED) is 0.0539. The van der Waals surface area contributed by atoms with Gasteiger partial charge < -0.3 is 35.4 Å². The first-order chi connectivity index (χ1) is 31.0. The van der Waals surface area contributed by atoms with Gasteiger partial charge in [0.1, 0.15) is 55.5 Å². The van der Waals surface area contributed by atoms with E-state index in [1.807, 2.05) is 43.3 Å². The van der Waals surface area contributed by atoms with E-state index in [2.05, 4.69) is 70.6 Å². The Hall–Kier alpha value is -5.70. The molecule has 0 aliphatic carbocycles. The second-order valence-corrected chi connectivity index (χ2v) is 24.9. The molecule has 4 heterocycles. The maximum absolute atomic E-state index is 14.6. The van der Waals surface area contributed by atoms with Gasteiger partial charge in [0.05, 0.1) is 18.3 Å². The fraction of sp³-hybridized carbons (Fsp3) is 0.362. The Labute approximate surface area is 397 Å². The van der Waals surface area contributed by atoms with Gasteiger partial charge in [-0.1, -0.05) is 81.4 Å². The summed E-state index contributed by atoms with van der Waals surface area (Å²) in [5.74, 6) is -1.89. The molecule has 5 N–H and O–H groups in total. The Kier molecular flexibility index (Phi) is 15.1. The zero-order chi connectivity index (χ0) is 48.2. The zero-order valence-corrected chi connectivity index (χ0v) is 41.9. The number of primary amides is 1. The summed E-state index contributed by atoms with van der Waals surface area (Å²) >= 11 is 3.56. The van der Waals surface area contributed by atoms with Crippen LogP contribution in [-0.4, -0.2) is 81.1 Å². The molecule has 0 bridgehead atoms. The van der Waals surface area contributed by atoms with Gasteiger partial charge >= 0.3 is 12.1 Å². The first-order valence-corrected chi connectivity index (χ1v) is 25.7. The summed E-state index contributed by atoms with van der Waals surface area (Å²) < 4.78 is 18.2. The minimum absolute atomic E-state index is 0.0106. The minimum Gasteiger partial charge on any atom is -0.461 e. The van der Waals surface area contributed by atoms with E-state index in [-0.39, 0.29) is 34.4 Å². The van der Waals surface area contributed by atoms with Crippen LogP contribution in [0.5, 0.6) is 0 Å². The number of hydrogen-bond acceptors (Lipinski definition) is 15. The maximum atomic E-state index is 14.6. The van der Waals surface area contributed by atoms with Gasteiger partial charge in [-0.05, 0) is 76.0 Å². The van der Waals surface area contributed by atoms with E-state index in [0.717, 1.165) is 21.7 Å². The summed E-state index contributed by atoms with van der Waals surface area (Å²) in [5, 5.41) is 24.8. The van der Waals surface area contributed by atoms with Crippen LogP contribution in [0, 0.1) is 0 Å². The topological polar surface area (TPSA) is 218 Å². The third-order valence-corrected chi connectivity index (χ3v) is 18.1. The standard InChI is InChI=1S/C47H55N7O8S3Si/c1-11-60-43(57)34-26-63-40(52-34)30-22-23-31(38(48)55)49-36(30)32-24-64-41(50-32)35(27(2)62-66(46(6,7)8,28-18-14-12-15-19-28)29-20-16-13-17-21-29)53-39(56)33-25-65-42(51-33)37(47(9,10)59)54-44(58)61-45(3,4)5/h12-27,35,37,59H,11H2,1-10H3,(H2,48,55)(H,53,56)(H,54,58)/t27-,35+,37+/m1/s1. The number of esters is 1. The minimum atomic E-state index is -3.22. The molecule has 3 amide bonds. The lowest BCUT2D eigenvalue weighted by Gasteiger charge is -2.45. The van der Waals surface area contributed by atoms with Gasteiger partial charge in [-0.3, -0.25) is 9.59 Å². The highest BCUT2D eigenvalue weighted by molar-refractivity contribution is 7.13. The number of aliphatic hydroxyl groups is 1. The average Bonchev–Trinajstić information content (AvgIpc) is 4.05. The molecule has 4 aromatic heterocycles. The van der Waals surface area contributed by atoms with Crippen LogP contribution in [0.4, 0.5) is 4.79 Å². The summed E-state index contributed by atoms with van der Waals surface area (Å²) in [7, 11) is -3.22. The fourth-order valence-corrected chi connectivity index (χ4v) is 14.8. The first-order valence-electron chi connectivity index (χ1n) is 21.2. The van der Waals surface area contributed by atoms with Gasteiger partial charge in [0.25, 0.3) is 20.1 Å². The Morgan fingerprint density at radius 2 is 1.35 bits per heavy atom. The average molecular weight is 970 g/mol. The van der Waals surface area contributed by atoms with Crippen LogP contribution < -0.4 is 26.7 Å². The molecule has 0 saturated heterocycles. The van der Waals surface area contributed by atoms with Crippen molar-refractivity contribution in [3.63, 3.8) is 0 Å². The number of nitrogens with zero attached hydrogens (tertiary/aromatic N) is 4. The van der Waals surface area contributed by atoms with Crippen LogP contribution in [0.1, 0.15) is 123 Å². The predicted molar refractivity (Wildman–Crippen MR) is 260 cm³/mol. The van der Waals surface area contributed by atoms with Crippen molar-refractivity contribution in [1.82, 2.24) is 30.6 Å². The third-order valence-electron chi connectivity index (χ3n) is 10.3. The van der Waals surface area contributed by atoms with Crippen molar-refractivity contribution in [2.75, 3.05) is 6.61 Å². The first kappa shape index (κ1) is 49.7. The van der Waals surface area contributed by atoms with Crippen molar-refractivity contribution in [3.8, 4) is 22.0 Å². The van der Waals surface area contributed by atoms with Crippen LogP contribution >= 0.6 is 34.0 Å². The van der Waals surface area contributed by atoms with E-state index in [4.69, 9.17) is 24.6 Å². The van der Waals surface area contributed by atoms with Crippen molar-refractivity contribution >= 4 is 76.6 Å². The largest absolute Gasteiger partial charge is 0.461 e. The number of pyridine rings is 1. The number of benzene rings is 2. The summed E-state index contributed by atoms with van der Waals surface area (Å²) in [5.41, 5.74) is 4.71. The Balaban J connectivity index is 1.45. The molecule has 0 fully saturated rings. The molecule has 0 aliphatic rings. The van der Waals surface area contributed by atoms with E-state index >= 15 is 0 Å². The van der Waals surface area contributed by atoms with Crippen molar-refractivity contribution in [2.24, 2.45) is 5.73 Å². The van der Waals surface area contributed by atoms with E-state index in [1.165, 1.54) is 42.6 Å². The number of thiazole rings is 3. The molecule has 0 unspecified atom stereocenters. The molecule has 66 heavy (non-hydrogen) atoms. The molecule has 15 nitrogen and oxygen atoms in total. The molecule has 0 aliphatic heterocycles. The fourth-order valence-electron chi connectivity index (χ4n) is 7.32. The molecule has 6 aromatic rings. The van der Waals surface area contributed by atoms with Crippen molar-refractivity contribution in [1.29, 1.82) is 0 Å². The van der Waals surface area contributed by atoms with Crippen LogP contribution in [-0.2, 0) is 13.9 Å². The van der Waals surface area contributed by atoms with Crippen LogP contribution in [0.15, 0.2) is 88.9 Å². The van der Waals surface area contributed by atoms with Crippen LogP contribution in [0.2, 0.25) is 5.04 Å². The van der Waals surface area contributed by atoms with Crippen molar-refractivity contribution in [3.05, 3.63) is 116 Å². The van der Waals surface area contributed by atoms with Gasteiger partial charge in [0, 0.05) is 21.7 Å². The number of amides is 3. The van der Waals surface area contributed by atoms with Crippen LogP contribution in [0.3, 0.4) is 0 Å². The molecular weight excluding hydrogens is 915 g/mol. The normalized spacial score (nSPS) is 13.6. The molecule has 0 saturated carbocycles. The number of aromatic nitrogens is 4. The summed E-state index contributed by atoms with van der Waals surface area (Å²) in [6, 6.07) is 21.5. The molecule has 6 rings (SSSR count). The number of carbonyl (C=O) groups is 4. The number of ether oxygens (including phenoxy) is 2. The van der Waals surface area contributed by atoms with Gasteiger partial charge in [-0.25, -0.2) is 29.5 Å². The Morgan fingerprint density at radius 3 is 1.91 bits per heavy atom. The third kappa shape index (κ3) is 11.3. The van der Waals surface area contributed by atoms with Gasteiger partial charge in [0.15, 0.2) is 5.69 Å². The lowest BCUT2D eigenvalue weighted by atomic mass is 10.00. The lowest BCUT2D eigenvalue weighted by Crippen LogP contribution is -2.68. The second kappa shape index (κ2) is 20.0. The lowest BCUT2D eigenvalue weighted by molar-refractivity contribution is 0.0163. The van der Waals surface area contributed by atoms with Crippen LogP contribution in [0.25, 0.3) is 22.0 Å². The predicted octanol–water partition coefficient (Wildman–Crippen LogP) is 7.83. The number of carbonyl (C=O) groups excluding carboxylic acids is 4. The Bertz CT molecular complexity index is 2630. The molecular formula is C47H55N7O8S3Si. The van der Waals surface area contributed by atoms with E-state index < -0.39 is 66.6 Å². The van der Waals surface area contributed by atoms with Gasteiger partial charge in [-0.2, -0.15) is 0 Å². The van der Waals surface area contributed by atoms with Crippen molar-refractivity contribution < 1.29 is 38.2 Å². The number of rotatable bonds is 16. The highest BCUT2D eigenvalue weighted by Crippen LogP contribution is 2.41. The van der Waals surface area contributed by atoms with E-state index in [0.29, 0.717) is 21.3 Å². The summed E-state index contributed by atoms with van der Waals surface area (Å²) in [6.45, 7) is 18.5. The number of hydrogen-bond donors (Lipinski definition) is 4. The molecule has 3 atom stereocenters. The summed E-state index contributed by atoms with van der Waals surface area (Å²) in [6.07, 6.45) is -1.48. The monoisotopic (exact) mass is 969 g/mol. The zero-order valence-electron chi connectivity index (χ0n) is 38.5. The Morgan fingerprint density at radius 1 is 0.742 bits per heavy atom. The highest BCUT2D eigenvalue weighted by Gasteiger charge is 2.52. The molecule has 0 radical (unpaired) electrons. The maximum Gasteiger partial charge on any atom is 0.408 e. The van der Waals surface area contributed by atoms with Gasteiger partial charge in [0.2, 0.25) is 0 Å². The number of alkyl carbamates (subject to hydrolysis) is 1.